The fourth-order valence-corrected chi connectivity index (χ4v) is 4.11. The zero-order chi connectivity index (χ0) is 20.3. The van der Waals surface area contributed by atoms with Gasteiger partial charge < -0.3 is 19.8 Å². The number of aromatic nitrogens is 2. The first-order chi connectivity index (χ1) is 13.4. The number of methoxy groups -OCH3 is 1. The molecule has 0 saturated carbocycles. The lowest BCUT2D eigenvalue weighted by Gasteiger charge is -2.08. The van der Waals surface area contributed by atoms with E-state index in [9.17, 15) is 9.59 Å². The highest BCUT2D eigenvalue weighted by Gasteiger charge is 2.20. The number of anilines is 1. The van der Waals surface area contributed by atoms with Crippen LogP contribution >= 0.6 is 11.3 Å². The molecular weight excluding hydrogens is 378 g/mol. The number of carbonyl (C=O) groups excluding carboxylic acids is 1. The molecule has 2 N–H and O–H groups in total. The molecule has 1 aromatic carbocycles. The van der Waals surface area contributed by atoms with Gasteiger partial charge in [-0.15, -0.1) is 11.3 Å². The number of nitrogens with zero attached hydrogens (tertiary/aromatic N) is 1. The van der Waals surface area contributed by atoms with Crippen molar-refractivity contribution < 1.29 is 14.3 Å². The monoisotopic (exact) mass is 401 g/mol. The van der Waals surface area contributed by atoms with Gasteiger partial charge >= 0.3 is 5.97 Å². The van der Waals surface area contributed by atoms with E-state index in [-0.39, 0.29) is 12.2 Å². The maximum atomic E-state index is 12.5. The van der Waals surface area contributed by atoms with Crippen molar-refractivity contribution in [3.8, 4) is 0 Å². The lowest BCUT2D eigenvalue weighted by Crippen LogP contribution is -2.14. The van der Waals surface area contributed by atoms with Crippen LogP contribution in [0.5, 0.6) is 0 Å². The second-order valence-corrected chi connectivity index (χ2v) is 7.61. The number of hydrogen-bond donors (Lipinski definition) is 2. The SMILES string of the molecule is COCCOC(=O)c1sc2nc(CNc3cc(C)cc(C)c3)[nH]c(=O)c2c1C. The van der Waals surface area contributed by atoms with E-state index in [1.54, 1.807) is 6.92 Å². The average Bonchev–Trinajstić information content (AvgIpc) is 2.96. The van der Waals surface area contributed by atoms with Crippen LogP contribution in [-0.4, -0.2) is 36.3 Å². The van der Waals surface area contributed by atoms with Crippen LogP contribution in [0.1, 0.15) is 32.2 Å². The van der Waals surface area contributed by atoms with Crippen molar-refractivity contribution in [2.75, 3.05) is 25.6 Å². The van der Waals surface area contributed by atoms with E-state index in [1.165, 1.54) is 18.4 Å². The smallest absolute Gasteiger partial charge is 0.348 e. The van der Waals surface area contributed by atoms with E-state index < -0.39 is 5.97 Å². The molecular formula is C20H23N3O4S. The van der Waals surface area contributed by atoms with E-state index in [1.807, 2.05) is 26.0 Å². The maximum absolute atomic E-state index is 12.5. The van der Waals surface area contributed by atoms with Gasteiger partial charge in [-0.05, 0) is 49.6 Å². The summed E-state index contributed by atoms with van der Waals surface area (Å²) in [6.07, 6.45) is 0. The van der Waals surface area contributed by atoms with Crippen LogP contribution in [0.3, 0.4) is 0 Å². The third-order valence-electron chi connectivity index (χ3n) is 4.24. The summed E-state index contributed by atoms with van der Waals surface area (Å²) in [5, 5.41) is 3.71. The first kappa shape index (κ1) is 20.0. The summed E-state index contributed by atoms with van der Waals surface area (Å²) in [5.74, 6) is 0.0454. The molecule has 0 unspecified atom stereocenters. The molecule has 0 amide bonds. The maximum Gasteiger partial charge on any atom is 0.348 e. The molecule has 3 aromatic rings. The number of rotatable bonds is 7. The number of H-pyrrole nitrogens is 1. The molecule has 28 heavy (non-hydrogen) atoms. The fraction of sp³-hybridized carbons (Fsp3) is 0.350. The van der Waals surface area contributed by atoms with Crippen molar-refractivity contribution in [1.82, 2.24) is 9.97 Å². The predicted octanol–water partition coefficient (Wildman–Crippen LogP) is 3.33. The molecule has 0 radical (unpaired) electrons. The number of thiophene rings is 1. The third kappa shape index (κ3) is 4.40. The van der Waals surface area contributed by atoms with Gasteiger partial charge in [-0.25, -0.2) is 9.78 Å². The Kier molecular flexibility index (Phi) is 6.11. The van der Waals surface area contributed by atoms with Crippen molar-refractivity contribution in [3.63, 3.8) is 0 Å². The van der Waals surface area contributed by atoms with Gasteiger partial charge in [-0.1, -0.05) is 6.07 Å². The number of nitrogens with one attached hydrogen (secondary N) is 2. The predicted molar refractivity (Wildman–Crippen MR) is 110 cm³/mol. The highest BCUT2D eigenvalue weighted by atomic mass is 32.1. The van der Waals surface area contributed by atoms with Crippen molar-refractivity contribution in [3.05, 3.63) is 55.9 Å². The zero-order valence-corrected chi connectivity index (χ0v) is 17.2. The molecule has 2 heterocycles. The van der Waals surface area contributed by atoms with Crippen molar-refractivity contribution in [2.45, 2.75) is 27.3 Å². The van der Waals surface area contributed by atoms with Crippen LogP contribution in [0.2, 0.25) is 0 Å². The van der Waals surface area contributed by atoms with Gasteiger partial charge in [0, 0.05) is 12.8 Å². The van der Waals surface area contributed by atoms with Gasteiger partial charge in [-0.2, -0.15) is 0 Å². The lowest BCUT2D eigenvalue weighted by atomic mass is 10.1. The van der Waals surface area contributed by atoms with Gasteiger partial charge in [0.2, 0.25) is 0 Å². The summed E-state index contributed by atoms with van der Waals surface area (Å²) in [6.45, 7) is 6.66. The van der Waals surface area contributed by atoms with E-state index >= 15 is 0 Å². The second-order valence-electron chi connectivity index (χ2n) is 6.61. The van der Waals surface area contributed by atoms with Gasteiger partial charge in [0.05, 0.1) is 18.5 Å². The fourth-order valence-electron chi connectivity index (χ4n) is 3.01. The molecule has 0 aliphatic heterocycles. The Labute approximate surface area is 166 Å². The van der Waals surface area contributed by atoms with Gasteiger partial charge in [-0.3, -0.25) is 4.79 Å². The minimum absolute atomic E-state index is 0.165. The largest absolute Gasteiger partial charge is 0.459 e. The zero-order valence-electron chi connectivity index (χ0n) is 16.3. The van der Waals surface area contributed by atoms with Crippen LogP contribution < -0.4 is 10.9 Å². The Morgan fingerprint density at radius 2 is 1.89 bits per heavy atom. The van der Waals surface area contributed by atoms with Crippen LogP contribution in [0, 0.1) is 20.8 Å². The summed E-state index contributed by atoms with van der Waals surface area (Å²) in [7, 11) is 1.54. The molecule has 148 valence electrons. The number of aromatic amines is 1. The summed E-state index contributed by atoms with van der Waals surface area (Å²) in [6, 6.07) is 6.17. The second kappa shape index (κ2) is 8.53. The van der Waals surface area contributed by atoms with Crippen LogP contribution in [0.4, 0.5) is 5.69 Å². The number of aryl methyl sites for hydroxylation is 3. The molecule has 0 saturated heterocycles. The molecule has 0 atom stereocenters. The number of fused-ring (bicyclic) bond motifs is 1. The Balaban J connectivity index is 1.84. The van der Waals surface area contributed by atoms with Gasteiger partial charge in [0.1, 0.15) is 22.1 Å². The Morgan fingerprint density at radius 1 is 1.18 bits per heavy atom. The molecule has 0 spiro atoms. The Bertz CT molecular complexity index is 1050. The summed E-state index contributed by atoms with van der Waals surface area (Å²) in [5.41, 5.74) is 3.61. The van der Waals surface area contributed by atoms with E-state index in [2.05, 4.69) is 21.4 Å². The van der Waals surface area contributed by atoms with Crippen LogP contribution in [0.15, 0.2) is 23.0 Å². The first-order valence-corrected chi connectivity index (χ1v) is 9.71. The Morgan fingerprint density at radius 3 is 2.57 bits per heavy atom. The van der Waals surface area contributed by atoms with E-state index in [0.29, 0.717) is 39.6 Å². The quantitative estimate of drug-likeness (QED) is 0.466. The normalized spacial score (nSPS) is 11.0. The third-order valence-corrected chi connectivity index (χ3v) is 5.40. The first-order valence-electron chi connectivity index (χ1n) is 8.89. The van der Waals surface area contributed by atoms with Gasteiger partial charge in [0.15, 0.2) is 0 Å². The lowest BCUT2D eigenvalue weighted by molar-refractivity contribution is 0.0393. The molecule has 3 rings (SSSR count). The number of esters is 1. The van der Waals surface area contributed by atoms with Crippen molar-refractivity contribution in [2.24, 2.45) is 0 Å². The van der Waals surface area contributed by atoms with E-state index in [0.717, 1.165) is 16.8 Å². The molecule has 0 bridgehead atoms. The topological polar surface area (TPSA) is 93.3 Å². The minimum atomic E-state index is -0.466. The van der Waals surface area contributed by atoms with E-state index in [4.69, 9.17) is 9.47 Å². The summed E-state index contributed by atoms with van der Waals surface area (Å²) >= 11 is 1.17. The minimum Gasteiger partial charge on any atom is -0.459 e. The van der Waals surface area contributed by atoms with Crippen molar-refractivity contribution >= 4 is 33.2 Å². The Hall–Kier alpha value is -2.71. The molecule has 2 aromatic heterocycles. The molecule has 8 heteroatoms. The highest BCUT2D eigenvalue weighted by Crippen LogP contribution is 2.27. The molecule has 0 aliphatic rings. The van der Waals surface area contributed by atoms with Crippen LogP contribution in [0.25, 0.3) is 10.2 Å². The van der Waals surface area contributed by atoms with Crippen LogP contribution in [-0.2, 0) is 16.0 Å². The highest BCUT2D eigenvalue weighted by molar-refractivity contribution is 7.20. The number of hydrogen-bond acceptors (Lipinski definition) is 7. The van der Waals surface area contributed by atoms with Gasteiger partial charge in [0.25, 0.3) is 5.56 Å². The number of ether oxygens (including phenoxy) is 2. The molecule has 0 aliphatic carbocycles. The molecule has 7 nitrogen and oxygen atoms in total. The average molecular weight is 401 g/mol. The number of benzene rings is 1. The summed E-state index contributed by atoms with van der Waals surface area (Å²) < 4.78 is 10.1. The summed E-state index contributed by atoms with van der Waals surface area (Å²) in [4.78, 5) is 33.1. The van der Waals surface area contributed by atoms with Crippen molar-refractivity contribution in [1.29, 1.82) is 0 Å². The standard InChI is InChI=1S/C20H23N3O4S/c1-11-7-12(2)9-14(8-11)21-10-15-22-18(24)16-13(3)17(28-19(16)23-15)20(25)27-6-5-26-4/h7-9,21H,5-6,10H2,1-4H3,(H,22,23,24). The molecule has 0 fully saturated rings. The number of carbonyl (C=O) groups is 1.